The number of unbranched alkanes of at least 4 members (excludes halogenated alkanes) is 1. The van der Waals surface area contributed by atoms with Crippen molar-refractivity contribution in [3.8, 4) is 0 Å². The molecule has 0 rings (SSSR count). The Hall–Kier alpha value is -1.63. The molecule has 0 saturated carbocycles. The lowest BCUT2D eigenvalue weighted by Gasteiger charge is -2.39. The molecule has 2 atom stereocenters. The molecule has 0 spiro atoms. The Morgan fingerprint density at radius 3 is 1.83 bits per heavy atom. The average Bonchev–Trinajstić information content (AvgIpc) is 2.64. The topological polar surface area (TPSA) is 99.1 Å². The zero-order valence-corrected chi connectivity index (χ0v) is 19.3. The lowest BCUT2D eigenvalue weighted by molar-refractivity contribution is -0.168. The highest BCUT2D eigenvalue weighted by Crippen LogP contribution is 2.45. The third-order valence-electron chi connectivity index (χ3n) is 5.35. The molecule has 1 N–H and O–H groups in total. The van der Waals surface area contributed by atoms with Crippen molar-refractivity contribution in [2.24, 2.45) is 16.2 Å². The molecule has 0 bridgehead atoms. The molecule has 0 aliphatic rings. The van der Waals surface area contributed by atoms with Gasteiger partial charge >= 0.3 is 17.9 Å². The van der Waals surface area contributed by atoms with E-state index in [9.17, 15) is 19.5 Å². The maximum absolute atomic E-state index is 13.0. The minimum atomic E-state index is -1.16. The number of ether oxygens (including phenoxy) is 3. The van der Waals surface area contributed by atoms with Crippen LogP contribution in [-0.2, 0) is 28.6 Å². The minimum absolute atomic E-state index is 0.0423. The number of aliphatic carboxylic acids is 1. The van der Waals surface area contributed by atoms with Crippen LogP contribution in [0, 0.1) is 16.2 Å². The van der Waals surface area contributed by atoms with Crippen LogP contribution < -0.4 is 0 Å². The number of carboxylic acids is 1. The number of hydrogen-bond acceptors (Lipinski definition) is 6. The van der Waals surface area contributed by atoms with Crippen molar-refractivity contribution in [2.45, 2.75) is 80.6 Å². The van der Waals surface area contributed by atoms with Gasteiger partial charge in [0, 0.05) is 6.61 Å². The Kier molecular flexibility index (Phi) is 11.5. The number of esters is 2. The average molecular weight is 417 g/mol. The molecular formula is C22H40O7. The SMILES string of the molecule is CCCCOC(=O)C(C)(CC)CC(C)(CC(C)(C)C(=O)O)C(=O)OCCOCC. The monoisotopic (exact) mass is 416 g/mol. The number of carbonyl (C=O) groups excluding carboxylic acids is 2. The summed E-state index contributed by atoms with van der Waals surface area (Å²) in [6, 6.07) is 0. The van der Waals surface area contributed by atoms with Crippen LogP contribution in [0.2, 0.25) is 0 Å². The summed E-state index contributed by atoms with van der Waals surface area (Å²) >= 11 is 0. The van der Waals surface area contributed by atoms with E-state index in [-0.39, 0.29) is 32.0 Å². The molecule has 170 valence electrons. The van der Waals surface area contributed by atoms with Crippen molar-refractivity contribution in [2.75, 3.05) is 26.4 Å². The van der Waals surface area contributed by atoms with Crippen LogP contribution in [0.5, 0.6) is 0 Å². The predicted octanol–water partition coefficient (Wildman–Crippen LogP) is 4.22. The molecule has 0 fully saturated rings. The molecule has 7 nitrogen and oxygen atoms in total. The van der Waals surface area contributed by atoms with Crippen LogP contribution in [0.3, 0.4) is 0 Å². The van der Waals surface area contributed by atoms with Crippen molar-refractivity contribution in [1.82, 2.24) is 0 Å². The molecule has 0 aromatic carbocycles. The second kappa shape index (κ2) is 12.2. The summed E-state index contributed by atoms with van der Waals surface area (Å²) in [5.74, 6) is -1.89. The van der Waals surface area contributed by atoms with Gasteiger partial charge in [-0.1, -0.05) is 20.3 Å². The van der Waals surface area contributed by atoms with Gasteiger partial charge in [0.15, 0.2) is 0 Å². The van der Waals surface area contributed by atoms with E-state index in [1.54, 1.807) is 27.7 Å². The van der Waals surface area contributed by atoms with Crippen molar-refractivity contribution in [1.29, 1.82) is 0 Å². The zero-order valence-electron chi connectivity index (χ0n) is 19.3. The fourth-order valence-corrected chi connectivity index (χ4v) is 3.46. The highest BCUT2D eigenvalue weighted by atomic mass is 16.6. The molecule has 29 heavy (non-hydrogen) atoms. The van der Waals surface area contributed by atoms with Gasteiger partial charge in [-0.15, -0.1) is 0 Å². The van der Waals surface area contributed by atoms with Gasteiger partial charge in [-0.05, 0) is 60.3 Å². The third kappa shape index (κ3) is 8.72. The molecule has 0 aliphatic carbocycles. The molecular weight excluding hydrogens is 376 g/mol. The second-order valence-electron chi connectivity index (χ2n) is 8.84. The zero-order chi connectivity index (χ0) is 22.7. The lowest BCUT2D eigenvalue weighted by Crippen LogP contribution is -2.44. The van der Waals surface area contributed by atoms with E-state index in [1.807, 2.05) is 20.8 Å². The molecule has 0 heterocycles. The van der Waals surface area contributed by atoms with E-state index in [0.29, 0.717) is 19.6 Å². The van der Waals surface area contributed by atoms with Gasteiger partial charge in [0.25, 0.3) is 0 Å². The van der Waals surface area contributed by atoms with Crippen LogP contribution in [0.4, 0.5) is 0 Å². The standard InChI is InChI=1S/C22H40O7/c1-8-11-12-28-18(25)21(6,9-2)16-22(7,15-20(4,5)17(23)24)19(26)29-14-13-27-10-3/h8-16H2,1-7H3,(H,23,24). The van der Waals surface area contributed by atoms with Gasteiger partial charge in [-0.3, -0.25) is 14.4 Å². The fraction of sp³-hybridized carbons (Fsp3) is 0.864. The van der Waals surface area contributed by atoms with E-state index in [1.165, 1.54) is 0 Å². The van der Waals surface area contributed by atoms with Gasteiger partial charge in [0.2, 0.25) is 0 Å². The number of hydrogen-bond donors (Lipinski definition) is 1. The first kappa shape index (κ1) is 27.4. The Morgan fingerprint density at radius 1 is 0.793 bits per heavy atom. The molecule has 0 radical (unpaired) electrons. The highest BCUT2D eigenvalue weighted by molar-refractivity contribution is 5.82. The highest BCUT2D eigenvalue weighted by Gasteiger charge is 2.49. The maximum Gasteiger partial charge on any atom is 0.311 e. The maximum atomic E-state index is 13.0. The van der Waals surface area contributed by atoms with Crippen molar-refractivity contribution >= 4 is 17.9 Å². The number of rotatable bonds is 15. The summed E-state index contributed by atoms with van der Waals surface area (Å²) in [4.78, 5) is 37.4. The van der Waals surface area contributed by atoms with Gasteiger partial charge in [0.05, 0.1) is 29.5 Å². The third-order valence-corrected chi connectivity index (χ3v) is 5.35. The van der Waals surface area contributed by atoms with E-state index in [2.05, 4.69) is 0 Å². The first-order valence-corrected chi connectivity index (χ1v) is 10.5. The lowest BCUT2D eigenvalue weighted by atomic mass is 9.65. The van der Waals surface area contributed by atoms with Crippen molar-refractivity contribution in [3.63, 3.8) is 0 Å². The molecule has 2 unspecified atom stereocenters. The summed E-state index contributed by atoms with van der Waals surface area (Å²) in [6.07, 6.45) is 2.33. The second-order valence-corrected chi connectivity index (χ2v) is 8.84. The molecule has 0 aliphatic heterocycles. The van der Waals surface area contributed by atoms with Crippen LogP contribution in [-0.4, -0.2) is 49.4 Å². The summed E-state index contributed by atoms with van der Waals surface area (Å²) in [5.41, 5.74) is -3.24. The Bertz CT molecular complexity index is 543. The van der Waals surface area contributed by atoms with Crippen LogP contribution in [0.1, 0.15) is 80.6 Å². The summed E-state index contributed by atoms with van der Waals surface area (Å²) in [6.45, 7) is 13.5. The fourth-order valence-electron chi connectivity index (χ4n) is 3.46. The van der Waals surface area contributed by atoms with Crippen LogP contribution in [0.15, 0.2) is 0 Å². The molecule has 0 amide bonds. The smallest absolute Gasteiger partial charge is 0.311 e. The van der Waals surface area contributed by atoms with Gasteiger partial charge in [0.1, 0.15) is 6.61 Å². The van der Waals surface area contributed by atoms with E-state index in [4.69, 9.17) is 14.2 Å². The summed E-state index contributed by atoms with van der Waals surface area (Å²) < 4.78 is 16.0. The quantitative estimate of drug-likeness (QED) is 0.315. The Labute approximate surface area is 175 Å². The van der Waals surface area contributed by atoms with E-state index >= 15 is 0 Å². The Balaban J connectivity index is 5.61. The molecule has 0 saturated heterocycles. The largest absolute Gasteiger partial charge is 0.481 e. The molecule has 0 aromatic heterocycles. The van der Waals surface area contributed by atoms with Gasteiger partial charge < -0.3 is 19.3 Å². The number of carbonyl (C=O) groups is 3. The van der Waals surface area contributed by atoms with Gasteiger partial charge in [-0.2, -0.15) is 0 Å². The van der Waals surface area contributed by atoms with Crippen molar-refractivity contribution in [3.05, 3.63) is 0 Å². The first-order chi connectivity index (χ1) is 13.4. The van der Waals surface area contributed by atoms with Gasteiger partial charge in [-0.25, -0.2) is 0 Å². The molecule has 7 heteroatoms. The minimum Gasteiger partial charge on any atom is -0.481 e. The van der Waals surface area contributed by atoms with Crippen LogP contribution in [0.25, 0.3) is 0 Å². The van der Waals surface area contributed by atoms with Crippen LogP contribution >= 0.6 is 0 Å². The van der Waals surface area contributed by atoms with Crippen molar-refractivity contribution < 1.29 is 33.7 Å². The normalized spacial score (nSPS) is 15.8. The number of carboxylic acid groups (broad SMARTS) is 1. The summed E-state index contributed by atoms with van der Waals surface area (Å²) in [5, 5.41) is 9.58. The van der Waals surface area contributed by atoms with E-state index in [0.717, 1.165) is 12.8 Å². The first-order valence-electron chi connectivity index (χ1n) is 10.5. The van der Waals surface area contributed by atoms with E-state index < -0.39 is 28.2 Å². The predicted molar refractivity (Wildman–Crippen MR) is 110 cm³/mol. The Morgan fingerprint density at radius 2 is 1.34 bits per heavy atom. The molecule has 0 aromatic rings. The summed E-state index contributed by atoms with van der Waals surface area (Å²) in [7, 11) is 0.